The highest BCUT2D eigenvalue weighted by atomic mass is 16.6. The number of esters is 1. The molecule has 0 heterocycles. The summed E-state index contributed by atoms with van der Waals surface area (Å²) < 4.78 is 13.9. The predicted molar refractivity (Wildman–Crippen MR) is 124 cm³/mol. The number of methoxy groups -OCH3 is 3. The van der Waals surface area contributed by atoms with Crippen LogP contribution in [0.4, 0.5) is 5.69 Å². The van der Waals surface area contributed by atoms with Crippen LogP contribution in [0.3, 0.4) is 0 Å². The van der Waals surface area contributed by atoms with E-state index in [0.717, 1.165) is 25.1 Å². The van der Waals surface area contributed by atoms with Gasteiger partial charge in [-0.1, -0.05) is 37.3 Å². The molecule has 0 saturated carbocycles. The molecule has 8 heteroatoms. The number of rotatable bonds is 7. The molecule has 2 aromatic carbocycles. The molecule has 31 heavy (non-hydrogen) atoms. The Hall–Kier alpha value is -2.81. The number of nitro groups is 1. The van der Waals surface area contributed by atoms with Crippen molar-refractivity contribution in [3.05, 3.63) is 75.8 Å². The summed E-state index contributed by atoms with van der Waals surface area (Å²) in [6.45, 7) is 6.55. The van der Waals surface area contributed by atoms with Crippen molar-refractivity contribution < 1.29 is 23.9 Å². The quantitative estimate of drug-likeness (QED) is 0.396. The van der Waals surface area contributed by atoms with Crippen LogP contribution in [-0.4, -0.2) is 59.0 Å². The summed E-state index contributed by atoms with van der Waals surface area (Å²) in [7, 11) is 6.61. The number of non-ortho nitro benzene ring substituents is 1. The highest BCUT2D eigenvalue weighted by Gasteiger charge is 2.03. The SMILES string of the molecule is CCNC.CCOC.COC(=O)c1ccccc1.COCCc1ccc([N+](=O)[O-])cc1. The zero-order chi connectivity index (χ0) is 23.9. The van der Waals surface area contributed by atoms with Gasteiger partial charge in [-0.3, -0.25) is 10.1 Å². The van der Waals surface area contributed by atoms with Gasteiger partial charge in [0.1, 0.15) is 0 Å². The summed E-state index contributed by atoms with van der Waals surface area (Å²) in [5, 5.41) is 13.2. The molecule has 0 radical (unpaired) electrons. The van der Waals surface area contributed by atoms with Crippen molar-refractivity contribution in [2.24, 2.45) is 0 Å². The first-order valence-electron chi connectivity index (χ1n) is 9.90. The molecule has 0 spiro atoms. The van der Waals surface area contributed by atoms with Crippen LogP contribution in [0.15, 0.2) is 54.6 Å². The standard InChI is InChI=1S/C9H11NO3.C8H8O2.C3H9N.C3H8O/c1-13-7-6-8-2-4-9(5-3-8)10(11)12;1-10-8(9)7-5-3-2-4-6-7;2*1-3-4-2/h2-5H,6-7H2,1H3;2-6H,1H3;4H,3H2,1-2H3;3H2,1-2H3. The number of nitrogens with one attached hydrogen (secondary N) is 1. The van der Waals surface area contributed by atoms with Crippen molar-refractivity contribution >= 4 is 11.7 Å². The van der Waals surface area contributed by atoms with Gasteiger partial charge in [0.15, 0.2) is 0 Å². The summed E-state index contributed by atoms with van der Waals surface area (Å²) in [4.78, 5) is 20.7. The molecule has 0 atom stereocenters. The van der Waals surface area contributed by atoms with Crippen LogP contribution in [0.1, 0.15) is 29.8 Å². The van der Waals surface area contributed by atoms with Crippen molar-refractivity contribution in [2.45, 2.75) is 20.3 Å². The Kier molecular flexibility index (Phi) is 21.5. The van der Waals surface area contributed by atoms with Crippen LogP contribution in [0.5, 0.6) is 0 Å². The lowest BCUT2D eigenvalue weighted by molar-refractivity contribution is -0.384. The molecule has 0 aromatic heterocycles. The van der Waals surface area contributed by atoms with Gasteiger partial charge in [0, 0.05) is 33.0 Å². The Morgan fingerprint density at radius 1 is 0.968 bits per heavy atom. The van der Waals surface area contributed by atoms with Crippen LogP contribution in [0.2, 0.25) is 0 Å². The van der Waals surface area contributed by atoms with Crippen molar-refractivity contribution in [2.75, 3.05) is 48.1 Å². The third-order valence-electron chi connectivity index (χ3n) is 3.58. The third kappa shape index (κ3) is 17.7. The maximum Gasteiger partial charge on any atom is 0.337 e. The zero-order valence-electron chi connectivity index (χ0n) is 19.4. The van der Waals surface area contributed by atoms with E-state index in [2.05, 4.69) is 21.7 Å². The average Bonchev–Trinajstić information content (AvgIpc) is 2.83. The van der Waals surface area contributed by atoms with Crippen molar-refractivity contribution in [1.29, 1.82) is 0 Å². The van der Waals surface area contributed by atoms with Gasteiger partial charge in [0.05, 0.1) is 24.2 Å². The first-order valence-corrected chi connectivity index (χ1v) is 9.90. The first-order chi connectivity index (χ1) is 14.9. The van der Waals surface area contributed by atoms with Crippen LogP contribution in [0, 0.1) is 10.1 Å². The molecule has 2 aromatic rings. The largest absolute Gasteiger partial charge is 0.465 e. The molecular formula is C23H36N2O6. The first kappa shape index (κ1) is 30.4. The molecule has 0 unspecified atom stereocenters. The van der Waals surface area contributed by atoms with E-state index in [1.54, 1.807) is 50.6 Å². The Bertz CT molecular complexity index is 670. The minimum atomic E-state index is -0.403. The van der Waals surface area contributed by atoms with Crippen molar-refractivity contribution in [3.63, 3.8) is 0 Å². The number of nitro benzene ring substituents is 1. The number of carbonyl (C=O) groups excluding carboxylic acids is 1. The van der Waals surface area contributed by atoms with Crippen molar-refractivity contribution in [3.8, 4) is 0 Å². The van der Waals surface area contributed by atoms with Crippen molar-refractivity contribution in [1.82, 2.24) is 5.32 Å². The number of hydrogen-bond acceptors (Lipinski definition) is 7. The Morgan fingerprint density at radius 2 is 1.48 bits per heavy atom. The Morgan fingerprint density at radius 3 is 1.84 bits per heavy atom. The second kappa shape index (κ2) is 21.9. The number of hydrogen-bond donors (Lipinski definition) is 1. The average molecular weight is 437 g/mol. The Balaban J connectivity index is 0. The van der Waals surface area contributed by atoms with E-state index in [1.165, 1.54) is 19.2 Å². The molecule has 0 aliphatic carbocycles. The van der Waals surface area contributed by atoms with Gasteiger partial charge in [-0.25, -0.2) is 4.79 Å². The molecule has 0 saturated heterocycles. The lowest BCUT2D eigenvalue weighted by Crippen LogP contribution is -2.01. The molecule has 0 aliphatic rings. The minimum Gasteiger partial charge on any atom is -0.465 e. The lowest BCUT2D eigenvalue weighted by Gasteiger charge is -1.98. The summed E-state index contributed by atoms with van der Waals surface area (Å²) >= 11 is 0. The molecule has 8 nitrogen and oxygen atoms in total. The summed E-state index contributed by atoms with van der Waals surface area (Å²) in [6, 6.07) is 15.4. The van der Waals surface area contributed by atoms with Gasteiger partial charge in [0.25, 0.3) is 5.69 Å². The molecular weight excluding hydrogens is 400 g/mol. The summed E-state index contributed by atoms with van der Waals surface area (Å²) in [6.07, 6.45) is 0.786. The molecule has 0 aliphatic heterocycles. The van der Waals surface area contributed by atoms with E-state index in [4.69, 9.17) is 4.74 Å². The number of ether oxygens (including phenoxy) is 3. The molecule has 174 valence electrons. The van der Waals surface area contributed by atoms with Crippen LogP contribution in [-0.2, 0) is 20.6 Å². The van der Waals surface area contributed by atoms with Gasteiger partial charge in [-0.15, -0.1) is 0 Å². The maximum absolute atomic E-state index is 10.8. The van der Waals surface area contributed by atoms with E-state index < -0.39 is 4.92 Å². The monoisotopic (exact) mass is 436 g/mol. The summed E-state index contributed by atoms with van der Waals surface area (Å²) in [5.41, 5.74) is 1.76. The fraction of sp³-hybridized carbons (Fsp3) is 0.435. The lowest BCUT2D eigenvalue weighted by atomic mass is 10.1. The normalized spacial score (nSPS) is 8.97. The molecule has 0 bridgehead atoms. The van der Waals surface area contributed by atoms with Gasteiger partial charge in [-0.2, -0.15) is 0 Å². The summed E-state index contributed by atoms with van der Waals surface area (Å²) in [5.74, 6) is -0.291. The smallest absolute Gasteiger partial charge is 0.337 e. The molecule has 0 amide bonds. The topological polar surface area (TPSA) is 99.9 Å². The number of benzene rings is 2. The molecule has 0 fully saturated rings. The van der Waals surface area contributed by atoms with Gasteiger partial charge in [-0.05, 0) is 44.6 Å². The van der Waals surface area contributed by atoms with E-state index in [-0.39, 0.29) is 11.7 Å². The highest BCUT2D eigenvalue weighted by molar-refractivity contribution is 5.89. The van der Waals surface area contributed by atoms with Crippen LogP contribution in [0.25, 0.3) is 0 Å². The van der Waals surface area contributed by atoms with Crippen LogP contribution < -0.4 is 5.32 Å². The van der Waals surface area contributed by atoms with E-state index >= 15 is 0 Å². The minimum absolute atomic E-state index is 0.126. The van der Waals surface area contributed by atoms with Gasteiger partial charge < -0.3 is 19.5 Å². The molecule has 1 N–H and O–H groups in total. The second-order valence-corrected chi connectivity index (χ2v) is 5.81. The fourth-order valence-corrected chi connectivity index (χ4v) is 1.70. The van der Waals surface area contributed by atoms with E-state index in [1.807, 2.05) is 20.0 Å². The fourth-order valence-electron chi connectivity index (χ4n) is 1.70. The third-order valence-corrected chi connectivity index (χ3v) is 3.58. The Labute approximate surface area is 185 Å². The predicted octanol–water partition coefficient (Wildman–Crippen LogP) is 4.14. The van der Waals surface area contributed by atoms with Gasteiger partial charge >= 0.3 is 5.97 Å². The molecule has 2 rings (SSSR count). The number of carbonyl (C=O) groups is 1. The number of nitrogens with zero attached hydrogens (tertiary/aromatic N) is 1. The van der Waals surface area contributed by atoms with E-state index in [9.17, 15) is 14.9 Å². The zero-order valence-corrected chi connectivity index (χ0v) is 19.4. The maximum atomic E-state index is 10.8. The van der Waals surface area contributed by atoms with E-state index in [0.29, 0.717) is 12.2 Å². The second-order valence-electron chi connectivity index (χ2n) is 5.81. The highest BCUT2D eigenvalue weighted by Crippen LogP contribution is 2.12. The van der Waals surface area contributed by atoms with Gasteiger partial charge in [0.2, 0.25) is 0 Å². The van der Waals surface area contributed by atoms with Crippen LogP contribution >= 0.6 is 0 Å².